The molecule has 166 valence electrons. The standard InChI is InChI=1S/C23H33NO6/c1-15(16-12-10-9-11-13-16)24-17(25)14-22(8,28)23(24,18(26)29-20(2,3)4)19(27)30-21(5,6)7/h9-13,15,28H,14H2,1-8H3. The minimum absolute atomic E-state index is 0.414. The molecule has 0 bridgehead atoms. The van der Waals surface area contributed by atoms with Gasteiger partial charge >= 0.3 is 11.9 Å². The van der Waals surface area contributed by atoms with Crippen LogP contribution in [0.25, 0.3) is 0 Å². The van der Waals surface area contributed by atoms with Crippen LogP contribution in [-0.2, 0) is 23.9 Å². The van der Waals surface area contributed by atoms with Gasteiger partial charge in [0.15, 0.2) is 0 Å². The molecule has 1 fully saturated rings. The fourth-order valence-corrected chi connectivity index (χ4v) is 3.76. The molecule has 7 heteroatoms. The fraction of sp³-hybridized carbons (Fsp3) is 0.609. The number of aliphatic hydroxyl groups is 1. The van der Waals surface area contributed by atoms with E-state index in [0.717, 1.165) is 4.90 Å². The summed E-state index contributed by atoms with van der Waals surface area (Å²) in [6.07, 6.45) is -0.414. The Hall–Kier alpha value is -2.41. The van der Waals surface area contributed by atoms with Gasteiger partial charge in [-0.25, -0.2) is 9.59 Å². The number of amides is 1. The van der Waals surface area contributed by atoms with E-state index < -0.39 is 52.7 Å². The summed E-state index contributed by atoms with van der Waals surface area (Å²) in [4.78, 5) is 41.3. The molecule has 1 aromatic carbocycles. The third kappa shape index (κ3) is 4.36. The summed E-state index contributed by atoms with van der Waals surface area (Å²) in [5, 5.41) is 11.3. The highest BCUT2D eigenvalue weighted by Gasteiger charge is 2.73. The molecule has 0 saturated carbocycles. The van der Waals surface area contributed by atoms with Gasteiger partial charge in [0.1, 0.15) is 16.8 Å². The first-order valence-electron chi connectivity index (χ1n) is 10.1. The summed E-state index contributed by atoms with van der Waals surface area (Å²) in [7, 11) is 0. The van der Waals surface area contributed by atoms with Crippen molar-refractivity contribution in [2.24, 2.45) is 0 Å². The highest BCUT2D eigenvalue weighted by molar-refractivity contribution is 6.12. The van der Waals surface area contributed by atoms with Crippen LogP contribution in [0.3, 0.4) is 0 Å². The van der Waals surface area contributed by atoms with Crippen molar-refractivity contribution >= 4 is 17.8 Å². The van der Waals surface area contributed by atoms with Crippen molar-refractivity contribution in [3.05, 3.63) is 35.9 Å². The van der Waals surface area contributed by atoms with Crippen LogP contribution in [0, 0.1) is 0 Å². The summed E-state index contributed by atoms with van der Waals surface area (Å²) in [6, 6.07) is 8.32. The SMILES string of the molecule is CC(c1ccccc1)N1C(=O)CC(C)(O)C1(C(=O)OC(C)(C)C)C(=O)OC(C)(C)C. The quantitative estimate of drug-likeness (QED) is 0.595. The van der Waals surface area contributed by atoms with E-state index in [4.69, 9.17) is 9.47 Å². The number of carbonyl (C=O) groups is 3. The molecule has 1 heterocycles. The van der Waals surface area contributed by atoms with Crippen molar-refractivity contribution < 1.29 is 29.0 Å². The van der Waals surface area contributed by atoms with Crippen LogP contribution in [0.4, 0.5) is 0 Å². The molecule has 1 aliphatic heterocycles. The van der Waals surface area contributed by atoms with Crippen molar-refractivity contribution in [3.8, 4) is 0 Å². The Morgan fingerprint density at radius 3 is 1.83 bits per heavy atom. The first-order valence-corrected chi connectivity index (χ1v) is 10.1. The molecule has 1 saturated heterocycles. The molecule has 0 aliphatic carbocycles. The fourth-order valence-electron chi connectivity index (χ4n) is 3.76. The monoisotopic (exact) mass is 419 g/mol. The van der Waals surface area contributed by atoms with E-state index in [0.29, 0.717) is 5.56 Å². The predicted octanol–water partition coefficient (Wildman–Crippen LogP) is 3.15. The van der Waals surface area contributed by atoms with E-state index in [2.05, 4.69) is 0 Å². The molecular weight excluding hydrogens is 386 g/mol. The topological polar surface area (TPSA) is 93.1 Å². The Bertz CT molecular complexity index is 788. The van der Waals surface area contributed by atoms with Gasteiger partial charge in [0.2, 0.25) is 5.91 Å². The Morgan fingerprint density at radius 1 is 1.00 bits per heavy atom. The lowest BCUT2D eigenvalue weighted by Crippen LogP contribution is -2.70. The maximum atomic E-state index is 13.5. The summed E-state index contributed by atoms with van der Waals surface area (Å²) >= 11 is 0. The smallest absolute Gasteiger partial charge is 0.347 e. The number of nitrogens with zero attached hydrogens (tertiary/aromatic N) is 1. The van der Waals surface area contributed by atoms with Gasteiger partial charge in [-0.3, -0.25) is 4.79 Å². The van der Waals surface area contributed by atoms with Crippen LogP contribution >= 0.6 is 0 Å². The lowest BCUT2D eigenvalue weighted by Gasteiger charge is -2.44. The maximum Gasteiger partial charge on any atom is 0.347 e. The lowest BCUT2D eigenvalue weighted by atomic mass is 9.80. The molecule has 2 rings (SSSR count). The Morgan fingerprint density at radius 2 is 1.43 bits per heavy atom. The van der Waals surface area contributed by atoms with Gasteiger partial charge in [-0.2, -0.15) is 0 Å². The molecule has 1 aromatic rings. The van der Waals surface area contributed by atoms with Crippen LogP contribution < -0.4 is 0 Å². The molecule has 0 radical (unpaired) electrons. The van der Waals surface area contributed by atoms with Gasteiger partial charge in [0.25, 0.3) is 5.54 Å². The number of likely N-dealkylation sites (tertiary alicyclic amines) is 1. The average molecular weight is 420 g/mol. The maximum absolute atomic E-state index is 13.5. The Kier molecular flexibility index (Phi) is 6.12. The molecule has 2 unspecified atom stereocenters. The lowest BCUT2D eigenvalue weighted by molar-refractivity contribution is -0.202. The van der Waals surface area contributed by atoms with Gasteiger partial charge in [-0.05, 0) is 61.0 Å². The first-order chi connectivity index (χ1) is 13.5. The van der Waals surface area contributed by atoms with Crippen molar-refractivity contribution in [2.75, 3.05) is 0 Å². The summed E-state index contributed by atoms with van der Waals surface area (Å²) in [6.45, 7) is 12.9. The number of hydrogen-bond donors (Lipinski definition) is 1. The van der Waals surface area contributed by atoms with Crippen LogP contribution in [0.5, 0.6) is 0 Å². The minimum atomic E-state index is -2.35. The number of hydrogen-bond acceptors (Lipinski definition) is 6. The molecule has 0 aromatic heterocycles. The van der Waals surface area contributed by atoms with Crippen molar-refractivity contribution in [1.29, 1.82) is 0 Å². The number of benzene rings is 1. The second-order valence-corrected chi connectivity index (χ2v) is 10.0. The number of ether oxygens (including phenoxy) is 2. The van der Waals surface area contributed by atoms with Crippen LogP contribution in [0.2, 0.25) is 0 Å². The number of esters is 2. The summed E-state index contributed by atoms with van der Waals surface area (Å²) in [5.74, 6) is -2.56. The molecule has 7 nitrogen and oxygen atoms in total. The van der Waals surface area contributed by atoms with Crippen molar-refractivity contribution in [3.63, 3.8) is 0 Å². The highest BCUT2D eigenvalue weighted by Crippen LogP contribution is 2.47. The molecule has 1 N–H and O–H groups in total. The zero-order valence-corrected chi connectivity index (χ0v) is 19.1. The second kappa shape index (κ2) is 7.69. The summed E-state index contributed by atoms with van der Waals surface area (Å²) in [5.41, 5.74) is -5.57. The van der Waals surface area contributed by atoms with Gasteiger partial charge in [0.05, 0.1) is 12.5 Å². The normalized spacial score (nSPS) is 22.6. The Balaban J connectivity index is 2.73. The Labute approximate surface area is 178 Å². The molecule has 0 spiro atoms. The highest BCUT2D eigenvalue weighted by atomic mass is 16.6. The average Bonchev–Trinajstić information content (AvgIpc) is 2.77. The second-order valence-electron chi connectivity index (χ2n) is 10.0. The predicted molar refractivity (Wildman–Crippen MR) is 111 cm³/mol. The number of rotatable bonds is 4. The van der Waals surface area contributed by atoms with Crippen LogP contribution in [-0.4, -0.2) is 50.2 Å². The van der Waals surface area contributed by atoms with E-state index >= 15 is 0 Å². The van der Waals surface area contributed by atoms with E-state index in [-0.39, 0.29) is 0 Å². The molecule has 2 atom stereocenters. The molecule has 1 amide bonds. The third-order valence-corrected chi connectivity index (χ3v) is 4.96. The largest absolute Gasteiger partial charge is 0.458 e. The zero-order valence-electron chi connectivity index (χ0n) is 19.1. The van der Waals surface area contributed by atoms with Gasteiger partial charge in [-0.15, -0.1) is 0 Å². The zero-order chi connectivity index (χ0) is 23.1. The van der Waals surface area contributed by atoms with Gasteiger partial charge in [0, 0.05) is 0 Å². The minimum Gasteiger partial charge on any atom is -0.458 e. The van der Waals surface area contributed by atoms with E-state index in [1.165, 1.54) is 6.92 Å². The molecule has 1 aliphatic rings. The number of carbonyl (C=O) groups excluding carboxylic acids is 3. The van der Waals surface area contributed by atoms with E-state index in [1.807, 2.05) is 6.07 Å². The van der Waals surface area contributed by atoms with Crippen molar-refractivity contribution in [1.82, 2.24) is 4.90 Å². The first kappa shape index (κ1) is 23.9. The van der Waals surface area contributed by atoms with E-state index in [1.54, 1.807) is 72.7 Å². The van der Waals surface area contributed by atoms with Gasteiger partial charge in [-0.1, -0.05) is 30.3 Å². The van der Waals surface area contributed by atoms with Gasteiger partial charge < -0.3 is 19.5 Å². The molecular formula is C23H33NO6. The van der Waals surface area contributed by atoms with E-state index in [9.17, 15) is 19.5 Å². The van der Waals surface area contributed by atoms with Crippen LogP contribution in [0.1, 0.15) is 73.4 Å². The molecule has 30 heavy (non-hydrogen) atoms. The van der Waals surface area contributed by atoms with Crippen LogP contribution in [0.15, 0.2) is 30.3 Å². The summed E-state index contributed by atoms with van der Waals surface area (Å²) < 4.78 is 11.1. The van der Waals surface area contributed by atoms with Crippen molar-refractivity contribution in [2.45, 2.75) is 90.2 Å². The third-order valence-electron chi connectivity index (χ3n) is 4.96.